The lowest BCUT2D eigenvalue weighted by molar-refractivity contribution is 0.282. The van der Waals surface area contributed by atoms with Gasteiger partial charge in [-0.25, -0.2) is 4.57 Å². The molecule has 2 rings (SSSR count). The molecular weight excluding hydrogens is 249 g/mol. The van der Waals surface area contributed by atoms with Crippen LogP contribution in [0.25, 0.3) is 0 Å². The van der Waals surface area contributed by atoms with Gasteiger partial charge in [-0.2, -0.15) is 0 Å². The van der Waals surface area contributed by atoms with E-state index in [1.54, 1.807) is 48.5 Å². The average molecular weight is 263 g/mol. The van der Waals surface area contributed by atoms with E-state index < -0.39 is 7.60 Å². The molecule has 0 aromatic heterocycles. The van der Waals surface area contributed by atoms with Crippen molar-refractivity contribution in [1.29, 1.82) is 0 Å². The van der Waals surface area contributed by atoms with Gasteiger partial charge in [-0.05, 0) is 24.3 Å². The first-order valence-electron chi connectivity index (χ1n) is 5.49. The molecule has 2 aromatic carbocycles. The van der Waals surface area contributed by atoms with Crippen LogP contribution in [0.5, 0.6) is 5.75 Å². The molecule has 94 valence electrons. The van der Waals surface area contributed by atoms with E-state index in [1.165, 1.54) is 0 Å². The molecular formula is C13H14NO3P. The molecule has 0 radical (unpaired) electrons. The summed E-state index contributed by atoms with van der Waals surface area (Å²) in [6, 6.07) is 17.7. The Morgan fingerprint density at radius 2 is 1.50 bits per heavy atom. The smallest absolute Gasteiger partial charge is 0.411 e. The maximum Gasteiger partial charge on any atom is 0.411 e. The Balaban J connectivity index is 2.31. The van der Waals surface area contributed by atoms with Crippen molar-refractivity contribution in [3.05, 3.63) is 60.7 Å². The van der Waals surface area contributed by atoms with Gasteiger partial charge in [-0.3, -0.25) is 4.52 Å². The summed E-state index contributed by atoms with van der Waals surface area (Å²) < 4.78 is 23.3. The van der Waals surface area contributed by atoms with Gasteiger partial charge in [0.15, 0.2) is 0 Å². The van der Waals surface area contributed by atoms with E-state index in [1.807, 2.05) is 12.1 Å². The summed E-state index contributed by atoms with van der Waals surface area (Å²) in [5.41, 5.74) is 5.33. The van der Waals surface area contributed by atoms with Crippen LogP contribution in [0.3, 0.4) is 0 Å². The molecule has 0 amide bonds. The predicted molar refractivity (Wildman–Crippen MR) is 70.9 cm³/mol. The monoisotopic (exact) mass is 263 g/mol. The molecule has 0 saturated carbocycles. The Kier molecular flexibility index (Phi) is 4.15. The van der Waals surface area contributed by atoms with Crippen LogP contribution in [-0.4, -0.2) is 6.73 Å². The van der Waals surface area contributed by atoms with Crippen molar-refractivity contribution >= 4 is 12.9 Å². The van der Waals surface area contributed by atoms with Gasteiger partial charge in [0.2, 0.25) is 0 Å². The van der Waals surface area contributed by atoms with Crippen molar-refractivity contribution in [2.24, 2.45) is 5.73 Å². The Morgan fingerprint density at radius 1 is 0.944 bits per heavy atom. The summed E-state index contributed by atoms with van der Waals surface area (Å²) in [5.74, 6) is 0.484. The molecule has 0 saturated heterocycles. The van der Waals surface area contributed by atoms with Crippen LogP contribution in [-0.2, 0) is 9.09 Å². The molecule has 1 unspecified atom stereocenters. The second kappa shape index (κ2) is 5.83. The molecule has 0 aliphatic carbocycles. The van der Waals surface area contributed by atoms with Crippen molar-refractivity contribution in [1.82, 2.24) is 0 Å². The minimum Gasteiger partial charge on any atom is -0.421 e. The molecule has 2 N–H and O–H groups in total. The first kappa shape index (κ1) is 12.8. The quantitative estimate of drug-likeness (QED) is 0.665. The van der Waals surface area contributed by atoms with E-state index in [2.05, 4.69) is 0 Å². The third kappa shape index (κ3) is 2.99. The summed E-state index contributed by atoms with van der Waals surface area (Å²) in [6.45, 7) is -0.168. The van der Waals surface area contributed by atoms with Crippen molar-refractivity contribution in [3.63, 3.8) is 0 Å². The van der Waals surface area contributed by atoms with Gasteiger partial charge in [-0.1, -0.05) is 36.4 Å². The maximum absolute atomic E-state index is 12.7. The SMILES string of the molecule is NCOP(=O)(Oc1ccccc1)c1ccccc1. The van der Waals surface area contributed by atoms with Gasteiger partial charge in [0, 0.05) is 0 Å². The van der Waals surface area contributed by atoms with Gasteiger partial charge in [0.05, 0.1) is 5.30 Å². The molecule has 0 bridgehead atoms. The zero-order valence-electron chi connectivity index (χ0n) is 9.73. The van der Waals surface area contributed by atoms with Crippen LogP contribution in [0, 0.1) is 0 Å². The average Bonchev–Trinajstić information content (AvgIpc) is 2.41. The molecule has 5 heteroatoms. The summed E-state index contributed by atoms with van der Waals surface area (Å²) in [6.07, 6.45) is 0. The van der Waals surface area contributed by atoms with E-state index >= 15 is 0 Å². The maximum atomic E-state index is 12.7. The number of hydrogen-bond donors (Lipinski definition) is 1. The lowest BCUT2D eigenvalue weighted by Gasteiger charge is -2.18. The van der Waals surface area contributed by atoms with Crippen LogP contribution in [0.2, 0.25) is 0 Å². The van der Waals surface area contributed by atoms with E-state index in [0.29, 0.717) is 11.1 Å². The zero-order chi connectivity index (χ0) is 12.8. The van der Waals surface area contributed by atoms with Crippen molar-refractivity contribution < 1.29 is 13.6 Å². The minimum atomic E-state index is -3.42. The molecule has 1 atom stereocenters. The van der Waals surface area contributed by atoms with Crippen LogP contribution >= 0.6 is 7.60 Å². The molecule has 0 aliphatic rings. The summed E-state index contributed by atoms with van der Waals surface area (Å²) in [4.78, 5) is 0. The highest BCUT2D eigenvalue weighted by Gasteiger charge is 2.28. The molecule has 0 aliphatic heterocycles. The molecule has 4 nitrogen and oxygen atoms in total. The number of para-hydroxylation sites is 1. The van der Waals surface area contributed by atoms with Crippen molar-refractivity contribution in [2.75, 3.05) is 6.73 Å². The Morgan fingerprint density at radius 3 is 2.06 bits per heavy atom. The minimum absolute atomic E-state index is 0.168. The summed E-state index contributed by atoms with van der Waals surface area (Å²) in [7, 11) is -3.42. The fraction of sp³-hybridized carbons (Fsp3) is 0.0769. The molecule has 0 heterocycles. The molecule has 2 aromatic rings. The lowest BCUT2D eigenvalue weighted by Crippen LogP contribution is -2.15. The fourth-order valence-electron chi connectivity index (χ4n) is 1.48. The molecule has 0 spiro atoms. The second-order valence-electron chi connectivity index (χ2n) is 3.53. The van der Waals surface area contributed by atoms with Gasteiger partial charge >= 0.3 is 7.60 Å². The number of rotatable bonds is 5. The fourth-order valence-corrected chi connectivity index (χ4v) is 2.92. The molecule has 0 fully saturated rings. The Bertz CT molecular complexity index is 530. The first-order valence-corrected chi connectivity index (χ1v) is 7.04. The van der Waals surface area contributed by atoms with E-state index in [9.17, 15) is 4.57 Å². The third-order valence-corrected chi connectivity index (χ3v) is 4.16. The largest absolute Gasteiger partial charge is 0.421 e. The summed E-state index contributed by atoms with van der Waals surface area (Å²) in [5, 5.41) is 0.485. The zero-order valence-corrected chi connectivity index (χ0v) is 10.6. The normalized spacial score (nSPS) is 13.8. The standard InChI is InChI=1S/C13H14NO3P/c14-11-16-18(15,13-9-5-2-6-10-13)17-12-7-3-1-4-8-12/h1-10H,11,14H2. The van der Waals surface area contributed by atoms with Gasteiger partial charge in [0.1, 0.15) is 12.5 Å². The number of benzene rings is 2. The van der Waals surface area contributed by atoms with Crippen LogP contribution in [0.4, 0.5) is 0 Å². The third-order valence-electron chi connectivity index (χ3n) is 2.29. The van der Waals surface area contributed by atoms with Crippen LogP contribution < -0.4 is 15.6 Å². The van der Waals surface area contributed by atoms with Gasteiger partial charge in [0.25, 0.3) is 0 Å². The number of nitrogens with two attached hydrogens (primary N) is 1. The number of hydrogen-bond acceptors (Lipinski definition) is 4. The van der Waals surface area contributed by atoms with Crippen molar-refractivity contribution in [3.8, 4) is 5.75 Å². The van der Waals surface area contributed by atoms with Crippen LogP contribution in [0.1, 0.15) is 0 Å². The van der Waals surface area contributed by atoms with E-state index in [4.69, 9.17) is 14.8 Å². The van der Waals surface area contributed by atoms with Crippen LogP contribution in [0.15, 0.2) is 60.7 Å². The highest BCUT2D eigenvalue weighted by atomic mass is 31.2. The second-order valence-corrected chi connectivity index (χ2v) is 5.49. The first-order chi connectivity index (χ1) is 8.74. The lowest BCUT2D eigenvalue weighted by atomic mass is 10.3. The molecule has 18 heavy (non-hydrogen) atoms. The van der Waals surface area contributed by atoms with E-state index in [-0.39, 0.29) is 6.73 Å². The highest BCUT2D eigenvalue weighted by molar-refractivity contribution is 7.62. The summed E-state index contributed by atoms with van der Waals surface area (Å²) >= 11 is 0. The predicted octanol–water partition coefficient (Wildman–Crippen LogP) is 2.52. The van der Waals surface area contributed by atoms with Crippen molar-refractivity contribution in [2.45, 2.75) is 0 Å². The van der Waals surface area contributed by atoms with E-state index in [0.717, 1.165) is 0 Å². The van der Waals surface area contributed by atoms with Gasteiger partial charge in [-0.15, -0.1) is 0 Å². The topological polar surface area (TPSA) is 61.5 Å². The Labute approximate surface area is 106 Å². The Hall–Kier alpha value is -1.61. The van der Waals surface area contributed by atoms with Gasteiger partial charge < -0.3 is 10.3 Å². The highest BCUT2D eigenvalue weighted by Crippen LogP contribution is 2.46.